The molecule has 0 saturated carbocycles. The second-order valence-corrected chi connectivity index (χ2v) is 9.58. The summed E-state index contributed by atoms with van der Waals surface area (Å²) in [6.07, 6.45) is 1.43. The number of hydrogen-bond donors (Lipinski definition) is 1. The van der Waals surface area contributed by atoms with Crippen LogP contribution < -0.4 is 15.0 Å². The van der Waals surface area contributed by atoms with Crippen LogP contribution in [-0.2, 0) is 16.2 Å². The van der Waals surface area contributed by atoms with Crippen molar-refractivity contribution in [1.29, 1.82) is 0 Å². The molecule has 0 atom stereocenters. The van der Waals surface area contributed by atoms with Crippen LogP contribution >= 0.6 is 50.1 Å². The van der Waals surface area contributed by atoms with Gasteiger partial charge in [-0.25, -0.2) is 9.69 Å². The predicted octanol–water partition coefficient (Wildman–Crippen LogP) is 5.95. The highest BCUT2D eigenvalue weighted by Gasteiger charge is 2.36. The Kier molecular flexibility index (Phi) is 7.16. The Hall–Kier alpha value is -2.69. The summed E-state index contributed by atoms with van der Waals surface area (Å²) in [5.41, 5.74) is 1.77. The average Bonchev–Trinajstić information content (AvgIpc) is 2.78. The maximum atomic E-state index is 13.0. The molecular formula is C24H15BrClIN2O4. The van der Waals surface area contributed by atoms with Crippen LogP contribution in [0.15, 0.2) is 76.8 Å². The van der Waals surface area contributed by atoms with Gasteiger partial charge in [-0.05, 0) is 104 Å². The number of imide groups is 2. The Balaban J connectivity index is 1.55. The lowest BCUT2D eigenvalue weighted by Gasteiger charge is -2.26. The predicted molar refractivity (Wildman–Crippen MR) is 138 cm³/mol. The zero-order chi connectivity index (χ0) is 23.5. The summed E-state index contributed by atoms with van der Waals surface area (Å²) >= 11 is 11.6. The molecule has 0 aromatic heterocycles. The number of nitrogens with one attached hydrogen (secondary N) is 1. The van der Waals surface area contributed by atoms with Crippen LogP contribution in [0.2, 0.25) is 5.02 Å². The van der Waals surface area contributed by atoms with Gasteiger partial charge in [0.2, 0.25) is 0 Å². The first-order valence-electron chi connectivity index (χ1n) is 9.65. The molecule has 6 nitrogen and oxygen atoms in total. The highest BCUT2D eigenvalue weighted by Crippen LogP contribution is 2.29. The van der Waals surface area contributed by atoms with E-state index < -0.39 is 17.8 Å². The smallest absolute Gasteiger partial charge is 0.335 e. The van der Waals surface area contributed by atoms with Crippen molar-refractivity contribution in [2.75, 3.05) is 4.90 Å². The number of amides is 4. The highest BCUT2D eigenvalue weighted by molar-refractivity contribution is 14.1. The van der Waals surface area contributed by atoms with Crippen molar-refractivity contribution in [3.8, 4) is 5.75 Å². The van der Waals surface area contributed by atoms with Crippen molar-refractivity contribution in [1.82, 2.24) is 5.32 Å². The van der Waals surface area contributed by atoms with Crippen LogP contribution in [0.3, 0.4) is 0 Å². The van der Waals surface area contributed by atoms with Gasteiger partial charge in [-0.3, -0.25) is 14.9 Å². The summed E-state index contributed by atoms with van der Waals surface area (Å²) in [5.74, 6) is -0.861. The lowest BCUT2D eigenvalue weighted by Crippen LogP contribution is -2.54. The fourth-order valence-corrected chi connectivity index (χ4v) is 4.11. The van der Waals surface area contributed by atoms with E-state index >= 15 is 0 Å². The molecule has 4 amide bonds. The number of nitrogens with zero attached hydrogens (tertiary/aromatic N) is 1. The zero-order valence-electron chi connectivity index (χ0n) is 16.8. The van der Waals surface area contributed by atoms with Gasteiger partial charge in [0.15, 0.2) is 0 Å². The van der Waals surface area contributed by atoms with Crippen molar-refractivity contribution in [2.24, 2.45) is 0 Å². The molecule has 0 bridgehead atoms. The van der Waals surface area contributed by atoms with E-state index in [0.29, 0.717) is 33.1 Å². The quantitative estimate of drug-likeness (QED) is 0.213. The minimum Gasteiger partial charge on any atom is -0.488 e. The van der Waals surface area contributed by atoms with Gasteiger partial charge in [-0.1, -0.05) is 29.8 Å². The third-order valence-electron chi connectivity index (χ3n) is 4.76. The second-order valence-electron chi connectivity index (χ2n) is 7.04. The number of benzene rings is 3. The van der Waals surface area contributed by atoms with Gasteiger partial charge in [0, 0.05) is 8.59 Å². The molecule has 0 unspecified atom stereocenters. The van der Waals surface area contributed by atoms with Crippen LogP contribution in [0.1, 0.15) is 11.1 Å². The molecule has 1 aliphatic rings. The molecule has 4 rings (SSSR count). The van der Waals surface area contributed by atoms with Gasteiger partial charge in [0.05, 0.1) is 10.2 Å². The lowest BCUT2D eigenvalue weighted by molar-refractivity contribution is -0.122. The van der Waals surface area contributed by atoms with E-state index in [-0.39, 0.29) is 5.57 Å². The highest BCUT2D eigenvalue weighted by atomic mass is 127. The molecule has 0 aliphatic carbocycles. The maximum Gasteiger partial charge on any atom is 0.335 e. The van der Waals surface area contributed by atoms with Crippen molar-refractivity contribution >= 4 is 79.7 Å². The van der Waals surface area contributed by atoms with E-state index in [2.05, 4.69) is 43.8 Å². The Bertz CT molecular complexity index is 1280. The maximum absolute atomic E-state index is 13.0. The van der Waals surface area contributed by atoms with Gasteiger partial charge in [-0.2, -0.15) is 0 Å². The largest absolute Gasteiger partial charge is 0.488 e. The Morgan fingerprint density at radius 1 is 1.00 bits per heavy atom. The van der Waals surface area contributed by atoms with E-state index in [9.17, 15) is 14.4 Å². The SMILES string of the molecule is O=C1NC(=O)N(c2ccc(Cl)cc2)C(=O)/C1=C/c1ccc(OCc2ccc(I)cc2)c(Br)c1. The van der Waals surface area contributed by atoms with Crippen LogP contribution in [0.4, 0.5) is 10.5 Å². The third kappa shape index (κ3) is 5.45. The molecule has 1 heterocycles. The zero-order valence-corrected chi connectivity index (χ0v) is 21.3. The van der Waals surface area contributed by atoms with Gasteiger partial charge in [0.1, 0.15) is 17.9 Å². The fraction of sp³-hybridized carbons (Fsp3) is 0.0417. The minimum atomic E-state index is -0.815. The van der Waals surface area contributed by atoms with E-state index in [1.165, 1.54) is 18.2 Å². The Morgan fingerprint density at radius 2 is 1.70 bits per heavy atom. The molecule has 1 aliphatic heterocycles. The van der Waals surface area contributed by atoms with Gasteiger partial charge >= 0.3 is 6.03 Å². The minimum absolute atomic E-state index is 0.163. The molecular weight excluding hydrogens is 623 g/mol. The number of carbonyl (C=O) groups excluding carboxylic acids is 3. The van der Waals surface area contributed by atoms with Crippen LogP contribution in [0, 0.1) is 3.57 Å². The van der Waals surface area contributed by atoms with E-state index in [4.69, 9.17) is 16.3 Å². The van der Waals surface area contributed by atoms with Crippen LogP contribution in [-0.4, -0.2) is 17.8 Å². The number of urea groups is 1. The molecule has 166 valence electrons. The molecule has 1 fully saturated rings. The second kappa shape index (κ2) is 10.1. The summed E-state index contributed by atoms with van der Waals surface area (Å²) in [4.78, 5) is 38.6. The van der Waals surface area contributed by atoms with E-state index in [0.717, 1.165) is 14.0 Å². The number of barbiturate groups is 1. The Labute approximate surface area is 216 Å². The molecule has 3 aromatic carbocycles. The monoisotopic (exact) mass is 636 g/mol. The first-order valence-corrected chi connectivity index (χ1v) is 11.9. The topological polar surface area (TPSA) is 75.7 Å². The van der Waals surface area contributed by atoms with Gasteiger partial charge < -0.3 is 4.74 Å². The summed E-state index contributed by atoms with van der Waals surface area (Å²) in [6.45, 7) is 0.398. The normalized spacial score (nSPS) is 15.1. The first-order chi connectivity index (χ1) is 15.8. The molecule has 9 heteroatoms. The number of halogens is 3. The van der Waals surface area contributed by atoms with Gasteiger partial charge in [0.25, 0.3) is 11.8 Å². The lowest BCUT2D eigenvalue weighted by atomic mass is 10.1. The van der Waals surface area contributed by atoms with Crippen LogP contribution in [0.25, 0.3) is 6.08 Å². The Morgan fingerprint density at radius 3 is 2.36 bits per heavy atom. The first kappa shape index (κ1) is 23.5. The third-order valence-corrected chi connectivity index (χ3v) is 6.35. The number of ether oxygens (including phenoxy) is 1. The summed E-state index contributed by atoms with van der Waals surface area (Å²) in [7, 11) is 0. The number of carbonyl (C=O) groups is 3. The molecule has 0 spiro atoms. The summed E-state index contributed by atoms with van der Waals surface area (Å²) in [5, 5.41) is 2.66. The summed E-state index contributed by atoms with van der Waals surface area (Å²) < 4.78 is 7.68. The average molecular weight is 638 g/mol. The number of rotatable bonds is 5. The standard InChI is InChI=1S/C24H15BrClIN2O4/c25-20-12-15(3-10-21(20)33-13-14-1-6-17(27)7-2-14)11-19-22(30)28-24(32)29(23(19)31)18-8-4-16(26)5-9-18/h1-12H,13H2,(H,28,30,32)/b19-11+. The van der Waals surface area contributed by atoms with E-state index in [1.54, 1.807) is 30.3 Å². The molecule has 1 saturated heterocycles. The van der Waals surface area contributed by atoms with Crippen molar-refractivity contribution < 1.29 is 19.1 Å². The van der Waals surface area contributed by atoms with Crippen LogP contribution in [0.5, 0.6) is 5.75 Å². The molecule has 3 aromatic rings. The fourth-order valence-electron chi connectivity index (χ4n) is 3.11. The number of hydrogen-bond acceptors (Lipinski definition) is 4. The van der Waals surface area contributed by atoms with Crippen molar-refractivity contribution in [3.63, 3.8) is 0 Å². The van der Waals surface area contributed by atoms with Gasteiger partial charge in [-0.15, -0.1) is 0 Å². The van der Waals surface area contributed by atoms with E-state index in [1.807, 2.05) is 24.3 Å². The number of anilines is 1. The van der Waals surface area contributed by atoms with Crippen molar-refractivity contribution in [3.05, 3.63) is 96.5 Å². The molecule has 33 heavy (non-hydrogen) atoms. The molecule has 1 N–H and O–H groups in total. The summed E-state index contributed by atoms with van der Waals surface area (Å²) in [6, 6.07) is 18.6. The van der Waals surface area contributed by atoms with Crippen molar-refractivity contribution in [2.45, 2.75) is 6.61 Å². The molecule has 0 radical (unpaired) electrons.